The molecule has 3 aliphatic rings. The van der Waals surface area contributed by atoms with Crippen LogP contribution in [0.3, 0.4) is 0 Å². The molecule has 1 saturated heterocycles. The largest absolute Gasteiger partial charge is 0.363 e. The van der Waals surface area contributed by atoms with Crippen molar-refractivity contribution in [3.05, 3.63) is 63.8 Å². The van der Waals surface area contributed by atoms with Gasteiger partial charge in [0.25, 0.3) is 11.5 Å². The third kappa shape index (κ3) is 3.86. The van der Waals surface area contributed by atoms with Crippen LogP contribution >= 0.6 is 0 Å². The standard InChI is InChI=1S/C23H27N3O3/c27-21-13-20(18-5-6-18)24-15-26(21)14-16-7-10-25(11-8-16)23(28)22-19-4-2-1-3-17(19)9-12-29-22/h1-4,13,15-16,18,22H,5-12,14H2. The molecule has 2 fully saturated rings. The fourth-order valence-corrected chi connectivity index (χ4v) is 4.56. The summed E-state index contributed by atoms with van der Waals surface area (Å²) in [4.78, 5) is 31.9. The first-order chi connectivity index (χ1) is 14.2. The molecule has 3 heterocycles. The molecule has 1 amide bonds. The first-order valence-electron chi connectivity index (χ1n) is 10.7. The van der Waals surface area contributed by atoms with Crippen LogP contribution in [0.25, 0.3) is 0 Å². The number of likely N-dealkylation sites (tertiary alicyclic amines) is 1. The Kier molecular flexibility index (Phi) is 4.96. The van der Waals surface area contributed by atoms with Crippen molar-refractivity contribution >= 4 is 5.91 Å². The Morgan fingerprint density at radius 2 is 1.93 bits per heavy atom. The van der Waals surface area contributed by atoms with Gasteiger partial charge in [-0.15, -0.1) is 0 Å². The van der Waals surface area contributed by atoms with Gasteiger partial charge in [-0.05, 0) is 49.1 Å². The second kappa shape index (κ2) is 7.75. The Hall–Kier alpha value is -2.47. The maximum Gasteiger partial charge on any atom is 0.256 e. The summed E-state index contributed by atoms with van der Waals surface area (Å²) in [6.07, 6.45) is 6.20. The van der Waals surface area contributed by atoms with Gasteiger partial charge in [0.05, 0.1) is 18.6 Å². The van der Waals surface area contributed by atoms with Crippen LogP contribution in [-0.4, -0.2) is 40.1 Å². The number of amides is 1. The predicted molar refractivity (Wildman–Crippen MR) is 109 cm³/mol. The Morgan fingerprint density at radius 3 is 2.69 bits per heavy atom. The van der Waals surface area contributed by atoms with Gasteiger partial charge in [0.1, 0.15) is 0 Å². The Morgan fingerprint density at radius 1 is 1.14 bits per heavy atom. The molecule has 0 bridgehead atoms. The van der Waals surface area contributed by atoms with Crippen molar-refractivity contribution in [3.8, 4) is 0 Å². The molecule has 1 atom stereocenters. The maximum absolute atomic E-state index is 13.1. The number of carbonyl (C=O) groups excluding carboxylic acids is 1. The molecule has 0 spiro atoms. The Bertz CT molecular complexity index is 958. The first-order valence-corrected chi connectivity index (χ1v) is 10.7. The number of hydrogen-bond donors (Lipinski definition) is 0. The summed E-state index contributed by atoms with van der Waals surface area (Å²) >= 11 is 0. The third-order valence-corrected chi connectivity index (χ3v) is 6.50. The average Bonchev–Trinajstić information content (AvgIpc) is 3.60. The summed E-state index contributed by atoms with van der Waals surface area (Å²) in [5, 5.41) is 0. The highest BCUT2D eigenvalue weighted by Gasteiger charge is 2.33. The number of ether oxygens (including phenoxy) is 1. The van der Waals surface area contributed by atoms with Crippen LogP contribution in [0.1, 0.15) is 54.5 Å². The van der Waals surface area contributed by atoms with Crippen molar-refractivity contribution in [2.24, 2.45) is 5.92 Å². The van der Waals surface area contributed by atoms with E-state index in [9.17, 15) is 9.59 Å². The predicted octanol–water partition coefficient (Wildman–Crippen LogP) is 2.67. The lowest BCUT2D eigenvalue weighted by atomic mass is 9.94. The van der Waals surface area contributed by atoms with Gasteiger partial charge in [0.2, 0.25) is 0 Å². The first kappa shape index (κ1) is 18.6. The van der Waals surface area contributed by atoms with Gasteiger partial charge in [-0.1, -0.05) is 24.3 Å². The quantitative estimate of drug-likeness (QED) is 0.801. The molecule has 1 saturated carbocycles. The van der Waals surface area contributed by atoms with Crippen molar-refractivity contribution in [1.82, 2.24) is 14.5 Å². The molecule has 6 nitrogen and oxygen atoms in total. The zero-order chi connectivity index (χ0) is 19.8. The van der Waals surface area contributed by atoms with Gasteiger partial charge in [0, 0.05) is 31.6 Å². The highest BCUT2D eigenvalue weighted by atomic mass is 16.5. The Labute approximate surface area is 170 Å². The summed E-state index contributed by atoms with van der Waals surface area (Å²) in [5.74, 6) is 0.965. The fraction of sp³-hybridized carbons (Fsp3) is 0.522. The summed E-state index contributed by atoms with van der Waals surface area (Å²) in [7, 11) is 0. The highest BCUT2D eigenvalue weighted by molar-refractivity contribution is 5.83. The van der Waals surface area contributed by atoms with Crippen LogP contribution in [-0.2, 0) is 22.5 Å². The van der Waals surface area contributed by atoms with E-state index in [1.807, 2.05) is 23.1 Å². The maximum atomic E-state index is 13.1. The Balaban J connectivity index is 1.20. The second-order valence-electron chi connectivity index (χ2n) is 8.55. The van der Waals surface area contributed by atoms with E-state index < -0.39 is 6.10 Å². The summed E-state index contributed by atoms with van der Waals surface area (Å²) in [6.45, 7) is 2.71. The number of benzene rings is 1. The van der Waals surface area contributed by atoms with Crippen molar-refractivity contribution < 1.29 is 9.53 Å². The fourth-order valence-electron chi connectivity index (χ4n) is 4.56. The van der Waals surface area contributed by atoms with E-state index in [2.05, 4.69) is 11.1 Å². The number of piperidine rings is 1. The van der Waals surface area contributed by atoms with Gasteiger partial charge in [-0.2, -0.15) is 0 Å². The zero-order valence-electron chi connectivity index (χ0n) is 16.6. The number of hydrogen-bond acceptors (Lipinski definition) is 4. The lowest BCUT2D eigenvalue weighted by Gasteiger charge is -2.35. The van der Waals surface area contributed by atoms with Crippen LogP contribution in [0.15, 0.2) is 41.5 Å². The lowest BCUT2D eigenvalue weighted by Crippen LogP contribution is -2.43. The van der Waals surface area contributed by atoms with E-state index >= 15 is 0 Å². The number of carbonyl (C=O) groups is 1. The molecule has 0 radical (unpaired) electrons. The summed E-state index contributed by atoms with van der Waals surface area (Å²) < 4.78 is 7.58. The van der Waals surface area contributed by atoms with Crippen molar-refractivity contribution in [3.63, 3.8) is 0 Å². The molecule has 1 unspecified atom stereocenters. The number of aromatic nitrogens is 2. The lowest BCUT2D eigenvalue weighted by molar-refractivity contribution is -0.146. The van der Waals surface area contributed by atoms with Crippen molar-refractivity contribution in [2.75, 3.05) is 19.7 Å². The topological polar surface area (TPSA) is 64.4 Å². The third-order valence-electron chi connectivity index (χ3n) is 6.50. The van der Waals surface area contributed by atoms with Crippen LogP contribution in [0, 0.1) is 5.92 Å². The minimum Gasteiger partial charge on any atom is -0.363 e. The van der Waals surface area contributed by atoms with Gasteiger partial charge in [-0.3, -0.25) is 14.2 Å². The van der Waals surface area contributed by atoms with E-state index in [0.717, 1.165) is 43.4 Å². The normalized spacial score (nSPS) is 22.3. The van der Waals surface area contributed by atoms with Gasteiger partial charge in [0.15, 0.2) is 6.10 Å². The molecule has 152 valence electrons. The van der Waals surface area contributed by atoms with Gasteiger partial charge < -0.3 is 9.64 Å². The molecular weight excluding hydrogens is 366 g/mol. The number of nitrogens with zero attached hydrogens (tertiary/aromatic N) is 3. The van der Waals surface area contributed by atoms with E-state index in [4.69, 9.17) is 4.74 Å². The SMILES string of the molecule is O=C(C1OCCc2ccccc21)N1CCC(Cn2cnc(C3CC3)cc2=O)CC1. The minimum absolute atomic E-state index is 0.0487. The van der Waals surface area contributed by atoms with Gasteiger partial charge in [-0.25, -0.2) is 4.98 Å². The molecule has 2 aliphatic heterocycles. The monoisotopic (exact) mass is 393 g/mol. The summed E-state index contributed by atoms with van der Waals surface area (Å²) in [5.41, 5.74) is 3.22. The highest BCUT2D eigenvalue weighted by Crippen LogP contribution is 2.38. The molecule has 29 heavy (non-hydrogen) atoms. The average molecular weight is 393 g/mol. The van der Waals surface area contributed by atoms with Crippen LogP contribution in [0.2, 0.25) is 0 Å². The van der Waals surface area contributed by atoms with Crippen molar-refractivity contribution in [1.29, 1.82) is 0 Å². The van der Waals surface area contributed by atoms with E-state index in [-0.39, 0.29) is 11.5 Å². The van der Waals surface area contributed by atoms with Crippen LogP contribution in [0.4, 0.5) is 0 Å². The molecule has 1 aromatic heterocycles. The minimum atomic E-state index is -0.474. The van der Waals surface area contributed by atoms with Crippen molar-refractivity contribution in [2.45, 2.75) is 50.7 Å². The number of fused-ring (bicyclic) bond motifs is 1. The van der Waals surface area contributed by atoms with E-state index in [0.29, 0.717) is 38.1 Å². The van der Waals surface area contributed by atoms with E-state index in [1.54, 1.807) is 17.0 Å². The van der Waals surface area contributed by atoms with Crippen LogP contribution < -0.4 is 5.56 Å². The smallest absolute Gasteiger partial charge is 0.256 e. The number of rotatable bonds is 4. The molecule has 1 aliphatic carbocycles. The molecule has 1 aromatic carbocycles. The van der Waals surface area contributed by atoms with E-state index in [1.165, 1.54) is 5.56 Å². The molecule has 0 N–H and O–H groups in total. The zero-order valence-corrected chi connectivity index (χ0v) is 16.6. The second-order valence-corrected chi connectivity index (χ2v) is 8.55. The van der Waals surface area contributed by atoms with Gasteiger partial charge >= 0.3 is 0 Å². The molecule has 6 heteroatoms. The summed E-state index contributed by atoms with van der Waals surface area (Å²) in [6, 6.07) is 9.79. The molecule has 2 aromatic rings. The molecular formula is C23H27N3O3. The molecule has 5 rings (SSSR count). The van der Waals surface area contributed by atoms with Crippen LogP contribution in [0.5, 0.6) is 0 Å².